The van der Waals surface area contributed by atoms with Gasteiger partial charge in [0, 0.05) is 0 Å². The number of hydrogen-bond acceptors (Lipinski definition) is 3. The van der Waals surface area contributed by atoms with E-state index in [1.807, 2.05) is 0 Å². The smallest absolute Gasteiger partial charge is 0.335 e. The van der Waals surface area contributed by atoms with Crippen molar-refractivity contribution in [1.29, 1.82) is 0 Å². The second-order valence-electron chi connectivity index (χ2n) is 4.27. The van der Waals surface area contributed by atoms with Crippen molar-refractivity contribution in [2.75, 3.05) is 0 Å². The van der Waals surface area contributed by atoms with E-state index in [0.717, 1.165) is 0 Å². The third kappa shape index (κ3) is 3.37. The van der Waals surface area contributed by atoms with E-state index < -0.39 is 21.6 Å². The van der Waals surface area contributed by atoms with Gasteiger partial charge < -0.3 is 5.11 Å². The largest absolute Gasteiger partial charge is 0.478 e. The minimum Gasteiger partial charge on any atom is -0.478 e. The Morgan fingerprint density at radius 3 is 2.14 bits per heavy atom. The van der Waals surface area contributed by atoms with Gasteiger partial charge in [-0.25, -0.2) is 13.2 Å². The van der Waals surface area contributed by atoms with Crippen LogP contribution in [0.5, 0.6) is 0 Å². The van der Waals surface area contributed by atoms with Crippen LogP contribution in [0.1, 0.15) is 15.9 Å². The summed E-state index contributed by atoms with van der Waals surface area (Å²) in [4.78, 5) is 10.9. The highest BCUT2D eigenvalue weighted by molar-refractivity contribution is 7.90. The number of halogens is 2. The zero-order valence-electron chi connectivity index (χ0n) is 10.6. The molecule has 7 heteroatoms. The number of carboxylic acid groups (broad SMARTS) is 1. The summed E-state index contributed by atoms with van der Waals surface area (Å²) in [6.45, 7) is 0. The third-order valence-electron chi connectivity index (χ3n) is 2.82. The minimum absolute atomic E-state index is 0.00954. The third-order valence-corrected chi connectivity index (χ3v) is 5.43. The number of sulfone groups is 1. The van der Waals surface area contributed by atoms with Crippen molar-refractivity contribution in [3.05, 3.63) is 63.6 Å². The summed E-state index contributed by atoms with van der Waals surface area (Å²) in [6, 6.07) is 10.3. The highest BCUT2D eigenvalue weighted by Gasteiger charge is 2.24. The van der Waals surface area contributed by atoms with Crippen molar-refractivity contribution in [1.82, 2.24) is 0 Å². The minimum atomic E-state index is -3.86. The summed E-state index contributed by atoms with van der Waals surface area (Å²) < 4.78 is 24.9. The monoisotopic (exact) mass is 344 g/mol. The average molecular weight is 345 g/mol. The Labute approximate surface area is 131 Å². The first-order valence-electron chi connectivity index (χ1n) is 5.81. The maximum absolute atomic E-state index is 12.5. The van der Waals surface area contributed by atoms with Gasteiger partial charge in [0.1, 0.15) is 4.90 Å². The molecule has 0 unspecified atom stereocenters. The van der Waals surface area contributed by atoms with Gasteiger partial charge in [0.2, 0.25) is 0 Å². The maximum Gasteiger partial charge on any atom is 0.335 e. The molecular formula is C14H10Cl2O4S. The molecular weight excluding hydrogens is 335 g/mol. The van der Waals surface area contributed by atoms with Crippen LogP contribution >= 0.6 is 23.2 Å². The van der Waals surface area contributed by atoms with Crippen LogP contribution in [0.4, 0.5) is 0 Å². The molecule has 0 aliphatic carbocycles. The first kappa shape index (κ1) is 15.8. The van der Waals surface area contributed by atoms with Crippen molar-refractivity contribution in [3.8, 4) is 0 Å². The van der Waals surface area contributed by atoms with Crippen LogP contribution in [0.15, 0.2) is 47.4 Å². The summed E-state index contributed by atoms with van der Waals surface area (Å²) in [5, 5.41) is 9.11. The molecule has 0 heterocycles. The summed E-state index contributed by atoms with van der Waals surface area (Å²) in [7, 11) is -3.86. The Morgan fingerprint density at radius 2 is 1.57 bits per heavy atom. The number of carbonyl (C=O) groups is 1. The van der Waals surface area contributed by atoms with E-state index in [4.69, 9.17) is 28.3 Å². The molecule has 2 aromatic carbocycles. The van der Waals surface area contributed by atoms with Crippen LogP contribution in [0.3, 0.4) is 0 Å². The first-order valence-corrected chi connectivity index (χ1v) is 8.21. The molecule has 1 N–H and O–H groups in total. The highest BCUT2D eigenvalue weighted by atomic mass is 35.5. The van der Waals surface area contributed by atoms with Crippen molar-refractivity contribution in [2.45, 2.75) is 10.6 Å². The van der Waals surface area contributed by atoms with Gasteiger partial charge in [0.05, 0.1) is 21.4 Å². The van der Waals surface area contributed by atoms with E-state index in [1.165, 1.54) is 36.4 Å². The van der Waals surface area contributed by atoms with Gasteiger partial charge >= 0.3 is 5.97 Å². The van der Waals surface area contributed by atoms with Gasteiger partial charge in [-0.05, 0) is 23.8 Å². The van der Waals surface area contributed by atoms with Crippen LogP contribution < -0.4 is 0 Å². The molecule has 0 atom stereocenters. The average Bonchev–Trinajstić information content (AvgIpc) is 2.37. The lowest BCUT2D eigenvalue weighted by Gasteiger charge is -2.10. The number of aromatic carboxylic acids is 1. The fourth-order valence-corrected chi connectivity index (χ4v) is 4.55. The molecule has 0 amide bonds. The molecule has 4 nitrogen and oxygen atoms in total. The van der Waals surface area contributed by atoms with Crippen molar-refractivity contribution >= 4 is 39.0 Å². The maximum atomic E-state index is 12.5. The molecule has 21 heavy (non-hydrogen) atoms. The van der Waals surface area contributed by atoms with E-state index in [1.54, 1.807) is 6.07 Å². The molecule has 0 aliphatic heterocycles. The Bertz CT molecular complexity index is 780. The number of benzene rings is 2. The first-order chi connectivity index (χ1) is 9.83. The number of rotatable bonds is 4. The van der Waals surface area contributed by atoms with Crippen molar-refractivity contribution in [2.24, 2.45) is 0 Å². The second kappa shape index (κ2) is 6.05. The van der Waals surface area contributed by atoms with Gasteiger partial charge in [0.15, 0.2) is 9.84 Å². The van der Waals surface area contributed by atoms with E-state index in [9.17, 15) is 13.2 Å². The molecule has 0 fully saturated rings. The molecule has 0 bridgehead atoms. The predicted molar refractivity (Wildman–Crippen MR) is 80.8 cm³/mol. The fraction of sp³-hybridized carbons (Fsp3) is 0.0714. The van der Waals surface area contributed by atoms with Crippen LogP contribution in [-0.4, -0.2) is 19.5 Å². The predicted octanol–water partition coefficient (Wildman–Crippen LogP) is 3.67. The van der Waals surface area contributed by atoms with Crippen LogP contribution in [0.25, 0.3) is 0 Å². The molecule has 110 valence electrons. The fourth-order valence-electron chi connectivity index (χ4n) is 1.91. The van der Waals surface area contributed by atoms with E-state index >= 15 is 0 Å². The molecule has 2 rings (SSSR count). The lowest BCUT2D eigenvalue weighted by atomic mass is 10.1. The van der Waals surface area contributed by atoms with Gasteiger partial charge in [-0.1, -0.05) is 47.5 Å². The van der Waals surface area contributed by atoms with Crippen molar-refractivity contribution < 1.29 is 18.3 Å². The van der Waals surface area contributed by atoms with Gasteiger partial charge in [-0.2, -0.15) is 0 Å². The lowest BCUT2D eigenvalue weighted by Crippen LogP contribution is -2.10. The van der Waals surface area contributed by atoms with Crippen molar-refractivity contribution in [3.63, 3.8) is 0 Å². The van der Waals surface area contributed by atoms with Crippen LogP contribution in [0, 0.1) is 0 Å². The zero-order valence-corrected chi connectivity index (χ0v) is 12.9. The number of carboxylic acids is 1. The van der Waals surface area contributed by atoms with E-state index in [2.05, 4.69) is 0 Å². The summed E-state index contributed by atoms with van der Waals surface area (Å²) >= 11 is 11.8. The topological polar surface area (TPSA) is 71.4 Å². The van der Waals surface area contributed by atoms with Crippen LogP contribution in [0.2, 0.25) is 10.0 Å². The molecule has 2 aromatic rings. The lowest BCUT2D eigenvalue weighted by molar-refractivity contribution is 0.0696. The summed E-state index contributed by atoms with van der Waals surface area (Å²) in [5.74, 6) is -1.68. The van der Waals surface area contributed by atoms with Crippen LogP contribution in [-0.2, 0) is 15.6 Å². The quantitative estimate of drug-likeness (QED) is 0.918. The molecule has 0 radical (unpaired) electrons. The SMILES string of the molecule is O=C(O)c1ccccc1CS(=O)(=O)c1c(Cl)cccc1Cl. The zero-order chi connectivity index (χ0) is 15.6. The van der Waals surface area contributed by atoms with Gasteiger partial charge in [-0.3, -0.25) is 0 Å². The highest BCUT2D eigenvalue weighted by Crippen LogP contribution is 2.31. The van der Waals surface area contributed by atoms with E-state index in [0.29, 0.717) is 0 Å². The Kier molecular flexibility index (Phi) is 4.56. The molecule has 0 aromatic heterocycles. The Hall–Kier alpha value is -1.56. The normalized spacial score (nSPS) is 11.3. The summed E-state index contributed by atoms with van der Waals surface area (Å²) in [5.41, 5.74) is 0.116. The molecule has 0 aliphatic rings. The summed E-state index contributed by atoms with van der Waals surface area (Å²) in [6.07, 6.45) is 0. The molecule has 0 saturated heterocycles. The van der Waals surface area contributed by atoms with Gasteiger partial charge in [-0.15, -0.1) is 0 Å². The van der Waals surface area contributed by atoms with E-state index in [-0.39, 0.29) is 26.1 Å². The number of hydrogen-bond donors (Lipinski definition) is 1. The molecule has 0 spiro atoms. The molecule has 0 saturated carbocycles. The van der Waals surface area contributed by atoms with Gasteiger partial charge in [0.25, 0.3) is 0 Å². The Morgan fingerprint density at radius 1 is 1.00 bits per heavy atom. The second-order valence-corrected chi connectivity index (χ2v) is 7.01. The standard InChI is InChI=1S/C14H10Cl2O4S/c15-11-6-3-7-12(16)13(11)21(19,20)8-9-4-1-2-5-10(9)14(17)18/h1-7H,8H2,(H,17,18). The Balaban J connectivity index is 2.51.